The van der Waals surface area contributed by atoms with Gasteiger partial charge in [-0.2, -0.15) is 0 Å². The summed E-state index contributed by atoms with van der Waals surface area (Å²) in [6.07, 6.45) is 2.23. The number of hydrogen-bond donors (Lipinski definition) is 0. The minimum atomic E-state index is -1.81. The molecule has 0 saturated heterocycles. The molecule has 0 N–H and O–H groups in total. The lowest BCUT2D eigenvalue weighted by atomic mass is 10.2. The average molecular weight is 231 g/mol. The van der Waals surface area contributed by atoms with Crippen LogP contribution in [-0.2, 0) is 4.43 Å². The zero-order valence-electron chi connectivity index (χ0n) is 10.4. The summed E-state index contributed by atoms with van der Waals surface area (Å²) in [4.78, 5) is 9.67. The summed E-state index contributed by atoms with van der Waals surface area (Å²) in [5.74, 6) is 0. The van der Waals surface area contributed by atoms with Crippen LogP contribution in [0.3, 0.4) is 0 Å². The number of nitrogens with zero attached hydrogens (tertiary/aromatic N) is 1. The predicted molar refractivity (Wildman–Crippen MR) is 63.9 cm³/mol. The fourth-order valence-electron chi connectivity index (χ4n) is 0.872. The van der Waals surface area contributed by atoms with Gasteiger partial charge in [-0.05, 0) is 25.1 Å². The van der Waals surface area contributed by atoms with Gasteiger partial charge in [0.15, 0.2) is 8.32 Å². The molecule has 88 valence electrons. The van der Waals surface area contributed by atoms with Gasteiger partial charge in [0.2, 0.25) is 6.20 Å². The molecular weight excluding hydrogens is 210 g/mol. The van der Waals surface area contributed by atoms with Gasteiger partial charge in [0.1, 0.15) is 0 Å². The molecule has 0 aliphatic rings. The van der Waals surface area contributed by atoms with E-state index in [-0.39, 0.29) is 11.1 Å². The Bertz CT molecular complexity index is 256. The average Bonchev–Trinajstić information content (AvgIpc) is 1.97. The van der Waals surface area contributed by atoms with E-state index in [4.69, 9.17) is 4.43 Å². The van der Waals surface area contributed by atoms with Crippen molar-refractivity contribution in [2.75, 3.05) is 0 Å². The molecule has 5 heteroatoms. The maximum Gasteiger partial charge on any atom is 0.233 e. The Labute approximate surface area is 92.6 Å². The van der Waals surface area contributed by atoms with Gasteiger partial charge in [-0.1, -0.05) is 20.8 Å². The Morgan fingerprint density at radius 1 is 1.40 bits per heavy atom. The van der Waals surface area contributed by atoms with Crippen LogP contribution in [0.1, 0.15) is 27.7 Å². The molecule has 0 aromatic carbocycles. The highest BCUT2D eigenvalue weighted by molar-refractivity contribution is 6.74. The lowest BCUT2D eigenvalue weighted by Gasteiger charge is -2.37. The number of nitro groups is 1. The molecular formula is C10H21NO3Si. The van der Waals surface area contributed by atoms with Crippen LogP contribution in [0.5, 0.6) is 0 Å². The normalized spacial score (nSPS) is 15.6. The summed E-state index contributed by atoms with van der Waals surface area (Å²) in [5, 5.41) is 10.3. The van der Waals surface area contributed by atoms with E-state index in [0.717, 1.165) is 6.20 Å². The maximum absolute atomic E-state index is 10.1. The van der Waals surface area contributed by atoms with Gasteiger partial charge in [0, 0.05) is 6.08 Å². The van der Waals surface area contributed by atoms with Crippen LogP contribution in [0.25, 0.3) is 0 Å². The molecule has 0 amide bonds. The Hall–Kier alpha value is -0.683. The maximum atomic E-state index is 10.1. The molecule has 0 fully saturated rings. The fourth-order valence-corrected chi connectivity index (χ4v) is 2.23. The summed E-state index contributed by atoms with van der Waals surface area (Å²) in [6.45, 7) is 12.5. The Balaban J connectivity index is 4.41. The van der Waals surface area contributed by atoms with Gasteiger partial charge in [-0.15, -0.1) is 0 Å². The molecule has 0 unspecified atom stereocenters. The van der Waals surface area contributed by atoms with Crippen molar-refractivity contribution in [3.8, 4) is 0 Å². The van der Waals surface area contributed by atoms with Crippen molar-refractivity contribution < 1.29 is 9.35 Å². The van der Waals surface area contributed by atoms with E-state index in [1.165, 1.54) is 6.08 Å². The van der Waals surface area contributed by atoms with Crippen molar-refractivity contribution in [2.45, 2.75) is 51.9 Å². The van der Waals surface area contributed by atoms with E-state index in [0.29, 0.717) is 0 Å². The molecule has 0 rings (SSSR count). The van der Waals surface area contributed by atoms with Crippen LogP contribution in [0.4, 0.5) is 0 Å². The number of hydrogen-bond acceptors (Lipinski definition) is 3. The van der Waals surface area contributed by atoms with Crippen LogP contribution >= 0.6 is 0 Å². The molecule has 4 nitrogen and oxygen atoms in total. The second-order valence-corrected chi connectivity index (χ2v) is 9.97. The van der Waals surface area contributed by atoms with Gasteiger partial charge in [0.05, 0.1) is 11.0 Å². The smallest absolute Gasteiger partial charge is 0.233 e. The minimum Gasteiger partial charge on any atom is -0.411 e. The topological polar surface area (TPSA) is 52.4 Å². The first-order chi connectivity index (χ1) is 6.56. The summed E-state index contributed by atoms with van der Waals surface area (Å²) in [6, 6.07) is 0. The largest absolute Gasteiger partial charge is 0.411 e. The Morgan fingerprint density at radius 3 is 2.20 bits per heavy atom. The van der Waals surface area contributed by atoms with Crippen molar-refractivity contribution in [3.05, 3.63) is 22.4 Å². The monoisotopic (exact) mass is 231 g/mol. The lowest BCUT2D eigenvalue weighted by Crippen LogP contribution is -2.42. The molecule has 0 aliphatic heterocycles. The molecule has 0 spiro atoms. The summed E-state index contributed by atoms with van der Waals surface area (Å²) in [5.41, 5.74) is 0. The van der Waals surface area contributed by atoms with Crippen LogP contribution in [0.2, 0.25) is 18.1 Å². The molecule has 1 atom stereocenters. The third kappa shape index (κ3) is 5.08. The molecule has 15 heavy (non-hydrogen) atoms. The van der Waals surface area contributed by atoms with Crippen molar-refractivity contribution >= 4 is 8.32 Å². The van der Waals surface area contributed by atoms with Crippen LogP contribution < -0.4 is 0 Å². The molecule has 0 aliphatic carbocycles. The molecule has 0 saturated carbocycles. The summed E-state index contributed by atoms with van der Waals surface area (Å²) >= 11 is 0. The third-order valence-corrected chi connectivity index (χ3v) is 7.34. The first kappa shape index (κ1) is 14.3. The molecule has 0 aromatic rings. The van der Waals surface area contributed by atoms with Crippen molar-refractivity contribution in [3.63, 3.8) is 0 Å². The van der Waals surface area contributed by atoms with Crippen molar-refractivity contribution in [2.24, 2.45) is 0 Å². The van der Waals surface area contributed by atoms with Gasteiger partial charge < -0.3 is 4.43 Å². The standard InChI is InChI=1S/C10H21NO3Si/c1-9(7-8-11(12)13)14-15(5,6)10(2,3)4/h7-9H,1-6H3/b8-7+/t9-/m0/s1. The predicted octanol–water partition coefficient (Wildman–Crippen LogP) is 3.19. The van der Waals surface area contributed by atoms with Crippen LogP contribution in [0.15, 0.2) is 12.3 Å². The first-order valence-corrected chi connectivity index (χ1v) is 7.97. The Kier molecular flexibility index (Phi) is 4.67. The van der Waals surface area contributed by atoms with Gasteiger partial charge in [0.25, 0.3) is 0 Å². The number of rotatable bonds is 4. The van der Waals surface area contributed by atoms with E-state index < -0.39 is 13.2 Å². The Morgan fingerprint density at radius 2 is 1.87 bits per heavy atom. The SMILES string of the molecule is C[C@@H](/C=C/[N+](=O)[O-])O[Si](C)(C)C(C)(C)C. The van der Waals surface area contributed by atoms with Crippen molar-refractivity contribution in [1.82, 2.24) is 0 Å². The van der Waals surface area contributed by atoms with Crippen LogP contribution in [0, 0.1) is 10.1 Å². The van der Waals surface area contributed by atoms with E-state index in [9.17, 15) is 10.1 Å². The summed E-state index contributed by atoms with van der Waals surface area (Å²) in [7, 11) is -1.81. The van der Waals surface area contributed by atoms with E-state index in [2.05, 4.69) is 33.9 Å². The highest BCUT2D eigenvalue weighted by atomic mass is 28.4. The summed E-state index contributed by atoms with van der Waals surface area (Å²) < 4.78 is 5.90. The molecule has 0 radical (unpaired) electrons. The lowest BCUT2D eigenvalue weighted by molar-refractivity contribution is -0.402. The minimum absolute atomic E-state index is 0.129. The highest BCUT2D eigenvalue weighted by Crippen LogP contribution is 2.37. The van der Waals surface area contributed by atoms with Crippen LogP contribution in [-0.4, -0.2) is 19.3 Å². The van der Waals surface area contributed by atoms with E-state index in [1.54, 1.807) is 0 Å². The second-order valence-electron chi connectivity index (χ2n) is 5.21. The fraction of sp³-hybridized carbons (Fsp3) is 0.800. The molecule has 0 aromatic heterocycles. The van der Waals surface area contributed by atoms with Gasteiger partial charge in [-0.25, -0.2) is 0 Å². The molecule has 0 bridgehead atoms. The molecule has 0 heterocycles. The zero-order chi connectivity index (χ0) is 12.3. The van der Waals surface area contributed by atoms with E-state index in [1.807, 2.05) is 6.92 Å². The second kappa shape index (κ2) is 4.89. The quantitative estimate of drug-likeness (QED) is 0.424. The third-order valence-electron chi connectivity index (χ3n) is 2.77. The van der Waals surface area contributed by atoms with E-state index >= 15 is 0 Å². The van der Waals surface area contributed by atoms with Crippen molar-refractivity contribution in [1.29, 1.82) is 0 Å². The zero-order valence-corrected chi connectivity index (χ0v) is 11.4. The highest BCUT2D eigenvalue weighted by Gasteiger charge is 2.38. The van der Waals surface area contributed by atoms with Gasteiger partial charge >= 0.3 is 0 Å². The first-order valence-electron chi connectivity index (χ1n) is 5.06. The van der Waals surface area contributed by atoms with Gasteiger partial charge in [-0.3, -0.25) is 10.1 Å².